The molecular formula is C18H18F2N2O2S. The molecule has 0 aliphatic carbocycles. The smallest absolute Gasteiger partial charge is 0.254 e. The Hall–Kier alpha value is -2.41. The van der Waals surface area contributed by atoms with E-state index >= 15 is 0 Å². The van der Waals surface area contributed by atoms with Crippen LogP contribution in [0.25, 0.3) is 0 Å². The highest BCUT2D eigenvalue weighted by Gasteiger charge is 2.15. The molecule has 0 aliphatic heterocycles. The van der Waals surface area contributed by atoms with Gasteiger partial charge in [-0.25, -0.2) is 8.78 Å². The van der Waals surface area contributed by atoms with Crippen LogP contribution in [0.1, 0.15) is 15.9 Å². The summed E-state index contributed by atoms with van der Waals surface area (Å²) in [7, 11) is 1.62. The number of benzene rings is 2. The zero-order valence-corrected chi connectivity index (χ0v) is 14.7. The first-order chi connectivity index (χ1) is 11.9. The number of carbonyl (C=O) groups is 2. The standard InChI is InChI=1S/C18H18F2N2O2S/c1-22(11-12-3-6-14(25-2)7-4-12)17(23)10-21-18(24)15-8-5-13(19)9-16(15)20/h3-9H,10-11H2,1-2H3,(H,21,24). The predicted molar refractivity (Wildman–Crippen MR) is 93.4 cm³/mol. The van der Waals surface area contributed by atoms with Crippen molar-refractivity contribution in [2.24, 2.45) is 0 Å². The summed E-state index contributed by atoms with van der Waals surface area (Å²) in [6, 6.07) is 10.5. The van der Waals surface area contributed by atoms with Crippen molar-refractivity contribution in [2.75, 3.05) is 19.8 Å². The number of amides is 2. The van der Waals surface area contributed by atoms with Crippen LogP contribution in [0.4, 0.5) is 8.78 Å². The Bertz CT molecular complexity index is 766. The van der Waals surface area contributed by atoms with Crippen LogP contribution >= 0.6 is 11.8 Å². The maximum atomic E-state index is 13.5. The average molecular weight is 364 g/mol. The van der Waals surface area contributed by atoms with Gasteiger partial charge in [-0.3, -0.25) is 9.59 Å². The Kier molecular flexibility index (Phi) is 6.52. The molecule has 0 heterocycles. The number of nitrogens with zero attached hydrogens (tertiary/aromatic N) is 1. The molecule has 2 rings (SSSR count). The van der Waals surface area contributed by atoms with Crippen LogP contribution in [0, 0.1) is 11.6 Å². The third kappa shape index (κ3) is 5.29. The van der Waals surface area contributed by atoms with E-state index in [1.807, 2.05) is 30.5 Å². The number of hydrogen-bond donors (Lipinski definition) is 1. The number of rotatable bonds is 6. The van der Waals surface area contributed by atoms with E-state index in [1.54, 1.807) is 18.8 Å². The van der Waals surface area contributed by atoms with Gasteiger partial charge in [-0.15, -0.1) is 11.8 Å². The van der Waals surface area contributed by atoms with E-state index in [0.717, 1.165) is 22.6 Å². The summed E-state index contributed by atoms with van der Waals surface area (Å²) < 4.78 is 26.4. The lowest BCUT2D eigenvalue weighted by atomic mass is 10.2. The summed E-state index contributed by atoms with van der Waals surface area (Å²) in [4.78, 5) is 26.6. The topological polar surface area (TPSA) is 49.4 Å². The number of nitrogens with one attached hydrogen (secondary N) is 1. The summed E-state index contributed by atoms with van der Waals surface area (Å²) in [6.45, 7) is 0.128. The second kappa shape index (κ2) is 8.62. The molecule has 0 fully saturated rings. The van der Waals surface area contributed by atoms with Gasteiger partial charge in [0.05, 0.1) is 12.1 Å². The Morgan fingerprint density at radius 2 is 1.80 bits per heavy atom. The summed E-state index contributed by atoms with van der Waals surface area (Å²) in [5.74, 6) is -2.81. The predicted octanol–water partition coefficient (Wildman–Crippen LogP) is 3.08. The van der Waals surface area contributed by atoms with Gasteiger partial charge in [0.2, 0.25) is 5.91 Å². The van der Waals surface area contributed by atoms with E-state index in [-0.39, 0.29) is 18.0 Å². The second-order valence-electron chi connectivity index (χ2n) is 5.40. The van der Waals surface area contributed by atoms with Crippen LogP contribution in [0.3, 0.4) is 0 Å². The van der Waals surface area contributed by atoms with Crippen molar-refractivity contribution in [3.05, 3.63) is 65.2 Å². The number of carbonyl (C=O) groups excluding carboxylic acids is 2. The Balaban J connectivity index is 1.88. The van der Waals surface area contributed by atoms with Gasteiger partial charge in [0.15, 0.2) is 0 Å². The average Bonchev–Trinajstić information content (AvgIpc) is 2.60. The molecule has 0 aliphatic rings. The molecule has 2 aromatic rings. The maximum Gasteiger partial charge on any atom is 0.254 e. The Morgan fingerprint density at radius 3 is 2.40 bits per heavy atom. The van der Waals surface area contributed by atoms with Crippen LogP contribution in [0.5, 0.6) is 0 Å². The van der Waals surface area contributed by atoms with Gasteiger partial charge in [0, 0.05) is 24.6 Å². The van der Waals surface area contributed by atoms with Crippen LogP contribution in [0.15, 0.2) is 47.4 Å². The van der Waals surface area contributed by atoms with Crippen molar-refractivity contribution in [2.45, 2.75) is 11.4 Å². The number of likely N-dealkylation sites (N-methyl/N-ethyl adjacent to an activating group) is 1. The van der Waals surface area contributed by atoms with E-state index in [9.17, 15) is 18.4 Å². The molecular weight excluding hydrogens is 346 g/mol. The van der Waals surface area contributed by atoms with Gasteiger partial charge in [-0.1, -0.05) is 12.1 Å². The van der Waals surface area contributed by atoms with Crippen molar-refractivity contribution >= 4 is 23.6 Å². The summed E-state index contributed by atoms with van der Waals surface area (Å²) in [6.07, 6.45) is 1.98. The molecule has 7 heteroatoms. The lowest BCUT2D eigenvalue weighted by Crippen LogP contribution is -2.38. The maximum absolute atomic E-state index is 13.5. The fourth-order valence-corrected chi connectivity index (χ4v) is 2.56. The molecule has 25 heavy (non-hydrogen) atoms. The fourth-order valence-electron chi connectivity index (χ4n) is 2.15. The summed E-state index contributed by atoms with van der Waals surface area (Å²) in [5.41, 5.74) is 0.661. The number of hydrogen-bond acceptors (Lipinski definition) is 3. The summed E-state index contributed by atoms with van der Waals surface area (Å²) >= 11 is 1.63. The number of thioether (sulfide) groups is 1. The van der Waals surface area contributed by atoms with Crippen LogP contribution in [0.2, 0.25) is 0 Å². The van der Waals surface area contributed by atoms with Gasteiger partial charge < -0.3 is 10.2 Å². The van der Waals surface area contributed by atoms with E-state index < -0.39 is 17.5 Å². The molecule has 0 bridgehead atoms. The van der Waals surface area contributed by atoms with Gasteiger partial charge in [0.1, 0.15) is 11.6 Å². The minimum Gasteiger partial charge on any atom is -0.343 e. The quantitative estimate of drug-likeness (QED) is 0.802. The molecule has 2 amide bonds. The Morgan fingerprint density at radius 1 is 1.12 bits per heavy atom. The van der Waals surface area contributed by atoms with E-state index in [4.69, 9.17) is 0 Å². The monoisotopic (exact) mass is 364 g/mol. The highest BCUT2D eigenvalue weighted by Crippen LogP contribution is 2.15. The third-order valence-electron chi connectivity index (χ3n) is 3.58. The van der Waals surface area contributed by atoms with E-state index in [2.05, 4.69) is 5.32 Å². The highest BCUT2D eigenvalue weighted by atomic mass is 32.2. The molecule has 0 radical (unpaired) electrons. The second-order valence-corrected chi connectivity index (χ2v) is 6.28. The molecule has 2 aromatic carbocycles. The molecule has 4 nitrogen and oxygen atoms in total. The minimum absolute atomic E-state index is 0.269. The summed E-state index contributed by atoms with van der Waals surface area (Å²) in [5, 5.41) is 2.35. The molecule has 132 valence electrons. The molecule has 0 aromatic heterocycles. The van der Waals surface area contributed by atoms with Gasteiger partial charge >= 0.3 is 0 Å². The molecule has 1 N–H and O–H groups in total. The van der Waals surface area contributed by atoms with Crippen molar-refractivity contribution in [3.63, 3.8) is 0 Å². The molecule has 0 atom stereocenters. The fraction of sp³-hybridized carbons (Fsp3) is 0.222. The highest BCUT2D eigenvalue weighted by molar-refractivity contribution is 7.98. The van der Waals surface area contributed by atoms with Crippen LogP contribution in [-0.4, -0.2) is 36.6 Å². The minimum atomic E-state index is -0.966. The zero-order chi connectivity index (χ0) is 18.4. The van der Waals surface area contributed by atoms with Crippen LogP contribution < -0.4 is 5.32 Å². The lowest BCUT2D eigenvalue weighted by molar-refractivity contribution is -0.129. The van der Waals surface area contributed by atoms with Crippen molar-refractivity contribution in [1.82, 2.24) is 10.2 Å². The van der Waals surface area contributed by atoms with Crippen molar-refractivity contribution in [3.8, 4) is 0 Å². The zero-order valence-electron chi connectivity index (χ0n) is 13.9. The van der Waals surface area contributed by atoms with E-state index in [0.29, 0.717) is 12.6 Å². The van der Waals surface area contributed by atoms with Crippen LogP contribution in [-0.2, 0) is 11.3 Å². The van der Waals surface area contributed by atoms with Crippen molar-refractivity contribution < 1.29 is 18.4 Å². The van der Waals surface area contributed by atoms with Gasteiger partial charge in [-0.2, -0.15) is 0 Å². The first-order valence-electron chi connectivity index (χ1n) is 7.51. The first-order valence-corrected chi connectivity index (χ1v) is 8.73. The van der Waals surface area contributed by atoms with E-state index in [1.165, 1.54) is 4.90 Å². The molecule has 0 unspecified atom stereocenters. The lowest BCUT2D eigenvalue weighted by Gasteiger charge is -2.18. The SMILES string of the molecule is CSc1ccc(CN(C)C(=O)CNC(=O)c2ccc(F)cc2F)cc1. The third-order valence-corrected chi connectivity index (χ3v) is 4.32. The largest absolute Gasteiger partial charge is 0.343 e. The molecule has 0 spiro atoms. The van der Waals surface area contributed by atoms with Gasteiger partial charge in [-0.05, 0) is 36.1 Å². The van der Waals surface area contributed by atoms with Gasteiger partial charge in [0.25, 0.3) is 5.91 Å². The molecule has 0 saturated heterocycles. The first kappa shape index (κ1) is 18.9. The Labute approximate surface area is 149 Å². The molecule has 0 saturated carbocycles. The normalized spacial score (nSPS) is 10.4. The van der Waals surface area contributed by atoms with Crippen molar-refractivity contribution in [1.29, 1.82) is 0 Å². The number of halogens is 2.